The summed E-state index contributed by atoms with van der Waals surface area (Å²) in [5, 5.41) is 12.0. The summed E-state index contributed by atoms with van der Waals surface area (Å²) < 4.78 is 5.58. The topological polar surface area (TPSA) is 41.5 Å². The fraction of sp³-hybridized carbons (Fsp3) is 1.00. The Balaban J connectivity index is 2.34. The molecule has 0 amide bonds. The number of likely N-dealkylation sites (N-methyl/N-ethyl adjacent to an activating group) is 1. The third-order valence-electron chi connectivity index (χ3n) is 2.28. The van der Waals surface area contributed by atoms with E-state index in [9.17, 15) is 0 Å². The molecule has 1 heterocycles. The van der Waals surface area contributed by atoms with Crippen molar-refractivity contribution in [2.75, 3.05) is 13.7 Å². The van der Waals surface area contributed by atoms with Crippen molar-refractivity contribution in [3.8, 4) is 0 Å². The lowest BCUT2D eigenvalue weighted by Crippen LogP contribution is -2.40. The second-order valence-electron chi connectivity index (χ2n) is 3.14. The second-order valence-corrected chi connectivity index (χ2v) is 3.14. The quantitative estimate of drug-likeness (QED) is 0.615. The highest BCUT2D eigenvalue weighted by Crippen LogP contribution is 2.21. The second kappa shape index (κ2) is 4.04. The maximum Gasteiger partial charge on any atom is 0.0754 e. The Kier molecular flexibility index (Phi) is 3.30. The lowest BCUT2D eigenvalue weighted by molar-refractivity contribution is 0.0195. The summed E-state index contributed by atoms with van der Waals surface area (Å²) in [4.78, 5) is 0. The van der Waals surface area contributed by atoms with Crippen LogP contribution in [0.2, 0.25) is 0 Å². The molecule has 0 aromatic rings. The smallest absolute Gasteiger partial charge is 0.0754 e. The zero-order valence-corrected chi connectivity index (χ0v) is 7.21. The van der Waals surface area contributed by atoms with E-state index in [0.29, 0.717) is 6.10 Å². The lowest BCUT2D eigenvalue weighted by atomic mass is 10.1. The Labute approximate surface area is 67.7 Å². The van der Waals surface area contributed by atoms with E-state index in [0.717, 1.165) is 12.8 Å². The average molecular weight is 159 g/mol. The molecule has 0 radical (unpaired) electrons. The first-order valence-electron chi connectivity index (χ1n) is 4.21. The number of rotatable bonds is 3. The van der Waals surface area contributed by atoms with E-state index < -0.39 is 0 Å². The Hall–Kier alpha value is -0.120. The Morgan fingerprint density at radius 1 is 1.64 bits per heavy atom. The van der Waals surface area contributed by atoms with Crippen LogP contribution in [0, 0.1) is 0 Å². The van der Waals surface area contributed by atoms with E-state index in [-0.39, 0.29) is 18.8 Å². The minimum Gasteiger partial charge on any atom is -0.395 e. The van der Waals surface area contributed by atoms with Gasteiger partial charge in [0.2, 0.25) is 0 Å². The van der Waals surface area contributed by atoms with Crippen LogP contribution in [0.1, 0.15) is 19.8 Å². The van der Waals surface area contributed by atoms with Crippen LogP contribution in [0.3, 0.4) is 0 Å². The van der Waals surface area contributed by atoms with Gasteiger partial charge in [-0.15, -0.1) is 0 Å². The fourth-order valence-electron chi connectivity index (χ4n) is 1.52. The van der Waals surface area contributed by atoms with Gasteiger partial charge in [-0.05, 0) is 26.8 Å². The van der Waals surface area contributed by atoms with Gasteiger partial charge in [0.25, 0.3) is 0 Å². The van der Waals surface area contributed by atoms with Crippen molar-refractivity contribution in [1.29, 1.82) is 0 Å². The maximum atomic E-state index is 8.93. The Morgan fingerprint density at radius 3 is 2.73 bits per heavy atom. The average Bonchev–Trinajstić information content (AvgIpc) is 2.39. The molecule has 0 aromatic carbocycles. The number of ether oxygens (including phenoxy) is 1. The standard InChI is InChI=1S/C8H17NO2/c1-6-3-4-8(11-6)7(5-10)9-2/h6-10H,3-5H2,1-2H3. The highest BCUT2D eigenvalue weighted by atomic mass is 16.5. The molecule has 66 valence electrons. The van der Waals surface area contributed by atoms with E-state index in [2.05, 4.69) is 12.2 Å². The molecule has 1 aliphatic rings. The van der Waals surface area contributed by atoms with E-state index in [1.54, 1.807) is 0 Å². The van der Waals surface area contributed by atoms with Crippen LogP contribution in [0.25, 0.3) is 0 Å². The first kappa shape index (κ1) is 8.97. The fourth-order valence-corrected chi connectivity index (χ4v) is 1.52. The van der Waals surface area contributed by atoms with Gasteiger partial charge in [-0.2, -0.15) is 0 Å². The van der Waals surface area contributed by atoms with Gasteiger partial charge in [0.15, 0.2) is 0 Å². The van der Waals surface area contributed by atoms with E-state index in [1.165, 1.54) is 0 Å². The number of hydrogen-bond acceptors (Lipinski definition) is 3. The van der Waals surface area contributed by atoms with Crippen molar-refractivity contribution in [2.45, 2.75) is 38.0 Å². The van der Waals surface area contributed by atoms with Crippen LogP contribution in [0.4, 0.5) is 0 Å². The maximum absolute atomic E-state index is 8.93. The molecule has 3 unspecified atom stereocenters. The zero-order valence-electron chi connectivity index (χ0n) is 7.21. The first-order chi connectivity index (χ1) is 5.27. The van der Waals surface area contributed by atoms with Gasteiger partial charge in [-0.1, -0.05) is 0 Å². The van der Waals surface area contributed by atoms with E-state index in [1.807, 2.05) is 7.05 Å². The largest absolute Gasteiger partial charge is 0.395 e. The number of nitrogens with one attached hydrogen (secondary N) is 1. The molecule has 1 rings (SSSR count). The highest BCUT2D eigenvalue weighted by Gasteiger charge is 2.27. The molecule has 2 N–H and O–H groups in total. The predicted molar refractivity (Wildman–Crippen MR) is 43.5 cm³/mol. The van der Waals surface area contributed by atoms with Gasteiger partial charge in [0, 0.05) is 0 Å². The molecule has 3 atom stereocenters. The zero-order chi connectivity index (χ0) is 8.27. The predicted octanol–water partition coefficient (Wildman–Crippen LogP) is 0.134. The molecule has 0 bridgehead atoms. The summed E-state index contributed by atoms with van der Waals surface area (Å²) >= 11 is 0. The molecule has 0 aromatic heterocycles. The third kappa shape index (κ3) is 2.15. The Morgan fingerprint density at radius 2 is 2.36 bits per heavy atom. The molecule has 11 heavy (non-hydrogen) atoms. The third-order valence-corrected chi connectivity index (χ3v) is 2.28. The molecule has 3 nitrogen and oxygen atoms in total. The van der Waals surface area contributed by atoms with Gasteiger partial charge in [-0.25, -0.2) is 0 Å². The van der Waals surface area contributed by atoms with Crippen LogP contribution in [-0.2, 0) is 4.74 Å². The molecular formula is C8H17NO2. The highest BCUT2D eigenvalue weighted by molar-refractivity contribution is 4.81. The van der Waals surface area contributed by atoms with Gasteiger partial charge >= 0.3 is 0 Å². The van der Waals surface area contributed by atoms with Crippen molar-refractivity contribution in [3.63, 3.8) is 0 Å². The van der Waals surface area contributed by atoms with Crippen molar-refractivity contribution >= 4 is 0 Å². The van der Waals surface area contributed by atoms with Crippen LogP contribution in [0.5, 0.6) is 0 Å². The molecular weight excluding hydrogens is 142 g/mol. The number of aliphatic hydroxyl groups excluding tert-OH is 1. The molecule has 0 saturated carbocycles. The van der Waals surface area contributed by atoms with Crippen LogP contribution < -0.4 is 5.32 Å². The molecule has 0 aliphatic carbocycles. The van der Waals surface area contributed by atoms with Gasteiger partial charge < -0.3 is 15.2 Å². The summed E-state index contributed by atoms with van der Waals surface area (Å²) in [7, 11) is 1.85. The molecule has 0 spiro atoms. The summed E-state index contributed by atoms with van der Waals surface area (Å²) in [6.45, 7) is 2.23. The van der Waals surface area contributed by atoms with Gasteiger partial charge in [-0.3, -0.25) is 0 Å². The Bertz CT molecular complexity index is 115. The number of aliphatic hydroxyl groups is 1. The van der Waals surface area contributed by atoms with Crippen molar-refractivity contribution in [2.24, 2.45) is 0 Å². The van der Waals surface area contributed by atoms with Crippen LogP contribution in [0.15, 0.2) is 0 Å². The molecule has 1 saturated heterocycles. The van der Waals surface area contributed by atoms with E-state index in [4.69, 9.17) is 9.84 Å². The van der Waals surface area contributed by atoms with Gasteiger partial charge in [0.1, 0.15) is 0 Å². The lowest BCUT2D eigenvalue weighted by Gasteiger charge is -2.20. The van der Waals surface area contributed by atoms with Crippen LogP contribution >= 0.6 is 0 Å². The molecule has 1 aliphatic heterocycles. The number of hydrogen-bond donors (Lipinski definition) is 2. The SMILES string of the molecule is CNC(CO)C1CCC(C)O1. The van der Waals surface area contributed by atoms with Crippen molar-refractivity contribution in [3.05, 3.63) is 0 Å². The molecule has 3 heteroatoms. The monoisotopic (exact) mass is 159 g/mol. The molecule has 1 fully saturated rings. The van der Waals surface area contributed by atoms with Crippen LogP contribution in [-0.4, -0.2) is 37.0 Å². The minimum absolute atomic E-state index is 0.111. The first-order valence-corrected chi connectivity index (χ1v) is 4.21. The van der Waals surface area contributed by atoms with E-state index >= 15 is 0 Å². The minimum atomic E-state index is 0.111. The van der Waals surface area contributed by atoms with Crippen molar-refractivity contribution < 1.29 is 9.84 Å². The summed E-state index contributed by atoms with van der Waals surface area (Å²) in [6.07, 6.45) is 2.75. The summed E-state index contributed by atoms with van der Waals surface area (Å²) in [6, 6.07) is 0.111. The summed E-state index contributed by atoms with van der Waals surface area (Å²) in [5.41, 5.74) is 0. The van der Waals surface area contributed by atoms with Crippen molar-refractivity contribution in [1.82, 2.24) is 5.32 Å². The summed E-state index contributed by atoms with van der Waals surface area (Å²) in [5.74, 6) is 0. The normalized spacial score (nSPS) is 34.1. The van der Waals surface area contributed by atoms with Gasteiger partial charge in [0.05, 0.1) is 24.9 Å².